The van der Waals surface area contributed by atoms with E-state index < -0.39 is 0 Å². The second-order valence-corrected chi connectivity index (χ2v) is 3.60. The minimum atomic E-state index is -0.302. The van der Waals surface area contributed by atoms with Gasteiger partial charge in [0, 0.05) is 12.2 Å². The maximum atomic E-state index is 12.9. The molecule has 0 saturated heterocycles. The first-order valence-corrected chi connectivity index (χ1v) is 4.40. The Balaban J connectivity index is 2.56. The van der Waals surface area contributed by atoms with Crippen LogP contribution in [0.1, 0.15) is 5.56 Å². The van der Waals surface area contributed by atoms with Crippen LogP contribution in [0.4, 0.5) is 10.1 Å². The average Bonchev–Trinajstić information content (AvgIpc) is 2.35. The number of benzene rings is 1. The fourth-order valence-corrected chi connectivity index (χ4v) is 1.68. The van der Waals surface area contributed by atoms with Gasteiger partial charge in [0.15, 0.2) is 0 Å². The number of halogens is 2. The molecule has 0 spiro atoms. The Morgan fingerprint density at radius 3 is 3.00 bits per heavy atom. The predicted molar refractivity (Wildman–Crippen MR) is 48.5 cm³/mol. The van der Waals surface area contributed by atoms with Crippen molar-refractivity contribution in [2.45, 2.75) is 6.42 Å². The van der Waals surface area contributed by atoms with E-state index in [9.17, 15) is 9.60 Å². The minimum Gasteiger partial charge on any atom is -0.758 e. The summed E-state index contributed by atoms with van der Waals surface area (Å²) in [6.45, 7) is 0.436. The first-order chi connectivity index (χ1) is 5.68. The van der Waals surface area contributed by atoms with Crippen LogP contribution in [0.5, 0.6) is 0 Å². The van der Waals surface area contributed by atoms with Crippen molar-refractivity contribution in [3.05, 3.63) is 33.2 Å². The maximum absolute atomic E-state index is 12.9. The Kier molecular flexibility index (Phi) is 1.81. The highest BCUT2D eigenvalue weighted by atomic mass is 79.9. The summed E-state index contributed by atoms with van der Waals surface area (Å²) in [4.78, 5) is 0. The molecule has 4 heteroatoms. The number of rotatable bonds is 0. The van der Waals surface area contributed by atoms with Crippen molar-refractivity contribution < 1.29 is 4.39 Å². The van der Waals surface area contributed by atoms with Crippen molar-refractivity contribution in [1.29, 1.82) is 0 Å². The number of hydrogen-bond acceptors (Lipinski definition) is 2. The molecule has 0 N–H and O–H groups in total. The van der Waals surface area contributed by atoms with Gasteiger partial charge in [-0.05, 0) is 40.0 Å². The lowest BCUT2D eigenvalue weighted by molar-refractivity contribution is 0.620. The SMILES string of the molecule is [O-]N1CCc2cc(F)c(Br)cc21. The van der Waals surface area contributed by atoms with E-state index in [2.05, 4.69) is 15.9 Å². The number of hydrogen-bond donors (Lipinski definition) is 0. The van der Waals surface area contributed by atoms with Crippen molar-refractivity contribution >= 4 is 21.6 Å². The van der Waals surface area contributed by atoms with Gasteiger partial charge < -0.3 is 10.3 Å². The molecule has 0 unspecified atom stereocenters. The molecule has 0 amide bonds. The first kappa shape index (κ1) is 8.01. The van der Waals surface area contributed by atoms with E-state index in [1.54, 1.807) is 0 Å². The van der Waals surface area contributed by atoms with Gasteiger partial charge in [-0.3, -0.25) is 0 Å². The van der Waals surface area contributed by atoms with Gasteiger partial charge in [-0.25, -0.2) is 4.39 Å². The van der Waals surface area contributed by atoms with Gasteiger partial charge in [-0.2, -0.15) is 0 Å². The van der Waals surface area contributed by atoms with Gasteiger partial charge in [0.1, 0.15) is 5.82 Å². The number of hydroxylamine groups is 1. The summed E-state index contributed by atoms with van der Waals surface area (Å²) in [6, 6.07) is 2.95. The van der Waals surface area contributed by atoms with Crippen LogP contribution in [0.25, 0.3) is 0 Å². The van der Waals surface area contributed by atoms with E-state index in [1.807, 2.05) is 0 Å². The molecule has 1 aromatic carbocycles. The molecule has 0 atom stereocenters. The predicted octanol–water partition coefficient (Wildman–Crippen LogP) is 2.45. The second-order valence-electron chi connectivity index (χ2n) is 2.75. The van der Waals surface area contributed by atoms with Crippen LogP contribution in [0, 0.1) is 11.0 Å². The molecule has 0 radical (unpaired) electrons. The summed E-state index contributed by atoms with van der Waals surface area (Å²) in [5.74, 6) is -0.302. The maximum Gasteiger partial charge on any atom is 0.137 e. The largest absolute Gasteiger partial charge is 0.758 e. The summed E-state index contributed by atoms with van der Waals surface area (Å²) in [5, 5.41) is 12.0. The normalized spacial score (nSPS) is 15.1. The molecule has 1 aliphatic rings. The van der Waals surface area contributed by atoms with E-state index >= 15 is 0 Å². The van der Waals surface area contributed by atoms with Gasteiger partial charge in [0.2, 0.25) is 0 Å². The van der Waals surface area contributed by atoms with Crippen LogP contribution < -0.4 is 5.06 Å². The van der Waals surface area contributed by atoms with Crippen molar-refractivity contribution in [2.75, 3.05) is 11.6 Å². The molecule has 1 heterocycles. The standard InChI is InChI=1S/C8H6BrFNO/c9-6-4-8-5(3-7(6)10)1-2-11(8)12/h3-4H,1-2H2/q-1. The number of fused-ring (bicyclic) bond motifs is 1. The molecular weight excluding hydrogens is 225 g/mol. The van der Waals surface area contributed by atoms with Gasteiger partial charge in [-0.15, -0.1) is 0 Å². The summed E-state index contributed by atoms with van der Waals surface area (Å²) in [6.07, 6.45) is 0.642. The fraction of sp³-hybridized carbons (Fsp3) is 0.250. The first-order valence-electron chi connectivity index (χ1n) is 3.61. The second kappa shape index (κ2) is 2.71. The van der Waals surface area contributed by atoms with Crippen LogP contribution >= 0.6 is 15.9 Å². The lowest BCUT2D eigenvalue weighted by atomic mass is 10.2. The smallest absolute Gasteiger partial charge is 0.137 e. The van der Waals surface area contributed by atoms with E-state index in [4.69, 9.17) is 0 Å². The van der Waals surface area contributed by atoms with Crippen LogP contribution in [-0.2, 0) is 6.42 Å². The monoisotopic (exact) mass is 230 g/mol. The molecule has 1 aromatic rings. The van der Waals surface area contributed by atoms with Crippen LogP contribution in [-0.4, -0.2) is 6.54 Å². The fourth-order valence-electron chi connectivity index (χ4n) is 1.35. The van der Waals surface area contributed by atoms with Crippen molar-refractivity contribution in [1.82, 2.24) is 0 Å². The number of anilines is 1. The lowest BCUT2D eigenvalue weighted by Gasteiger charge is -2.24. The Hall–Kier alpha value is -0.610. The third-order valence-electron chi connectivity index (χ3n) is 1.97. The van der Waals surface area contributed by atoms with Crippen LogP contribution in [0.3, 0.4) is 0 Å². The quantitative estimate of drug-likeness (QED) is 0.685. The van der Waals surface area contributed by atoms with Crippen molar-refractivity contribution in [3.63, 3.8) is 0 Å². The molecule has 0 fully saturated rings. The zero-order chi connectivity index (χ0) is 8.72. The molecule has 1 aliphatic heterocycles. The molecule has 64 valence electrons. The van der Waals surface area contributed by atoms with Gasteiger partial charge >= 0.3 is 0 Å². The zero-order valence-corrected chi connectivity index (χ0v) is 7.77. The van der Waals surface area contributed by atoms with Crippen LogP contribution in [0.15, 0.2) is 16.6 Å². The van der Waals surface area contributed by atoms with Gasteiger partial charge in [0.05, 0.1) is 4.47 Å². The lowest BCUT2D eigenvalue weighted by Crippen LogP contribution is -2.09. The summed E-state index contributed by atoms with van der Waals surface area (Å²) in [5.41, 5.74) is 1.38. The third-order valence-corrected chi connectivity index (χ3v) is 2.58. The third kappa shape index (κ3) is 1.11. The van der Waals surface area contributed by atoms with E-state index in [0.29, 0.717) is 23.1 Å². The molecule has 2 rings (SSSR count). The highest BCUT2D eigenvalue weighted by Crippen LogP contribution is 2.31. The highest BCUT2D eigenvalue weighted by molar-refractivity contribution is 9.10. The highest BCUT2D eigenvalue weighted by Gasteiger charge is 2.14. The van der Waals surface area contributed by atoms with E-state index in [1.165, 1.54) is 12.1 Å². The Labute approximate surface area is 77.7 Å². The Morgan fingerprint density at radius 1 is 1.50 bits per heavy atom. The Morgan fingerprint density at radius 2 is 2.25 bits per heavy atom. The molecule has 12 heavy (non-hydrogen) atoms. The molecule has 0 aromatic heterocycles. The molecule has 2 nitrogen and oxygen atoms in total. The average molecular weight is 231 g/mol. The molecule has 0 saturated carbocycles. The summed E-state index contributed by atoms with van der Waals surface area (Å²) >= 11 is 3.04. The van der Waals surface area contributed by atoms with Crippen molar-refractivity contribution in [2.24, 2.45) is 0 Å². The molecular formula is C8H6BrFNO-. The van der Waals surface area contributed by atoms with Gasteiger partial charge in [0.25, 0.3) is 0 Å². The Bertz CT molecular complexity index is 329. The van der Waals surface area contributed by atoms with E-state index in [-0.39, 0.29) is 5.82 Å². The van der Waals surface area contributed by atoms with Crippen molar-refractivity contribution in [3.8, 4) is 0 Å². The van der Waals surface area contributed by atoms with Gasteiger partial charge in [-0.1, -0.05) is 0 Å². The van der Waals surface area contributed by atoms with E-state index in [0.717, 1.165) is 10.6 Å². The molecule has 0 aliphatic carbocycles. The summed E-state index contributed by atoms with van der Waals surface area (Å²) in [7, 11) is 0. The van der Waals surface area contributed by atoms with Crippen LogP contribution in [0.2, 0.25) is 0 Å². The number of nitrogens with zero attached hydrogens (tertiary/aromatic N) is 1. The zero-order valence-electron chi connectivity index (χ0n) is 6.18. The molecule has 0 bridgehead atoms. The topological polar surface area (TPSA) is 26.3 Å². The summed E-state index contributed by atoms with van der Waals surface area (Å²) < 4.78 is 13.3. The minimum absolute atomic E-state index is 0.302.